The molecule has 0 aliphatic heterocycles. The number of carbonyl (C=O) groups excluding carboxylic acids is 3. The number of anilines is 3. The summed E-state index contributed by atoms with van der Waals surface area (Å²) in [5.41, 5.74) is 2.72. The van der Waals surface area contributed by atoms with Crippen LogP contribution in [0.1, 0.15) is 12.5 Å². The third kappa shape index (κ3) is 8.43. The first-order chi connectivity index (χ1) is 17.9. The van der Waals surface area contributed by atoms with Gasteiger partial charge in [0, 0.05) is 30.5 Å². The Labute approximate surface area is 222 Å². The van der Waals surface area contributed by atoms with E-state index in [0.717, 1.165) is 11.3 Å². The van der Waals surface area contributed by atoms with Gasteiger partial charge in [0.25, 0.3) is 0 Å². The predicted octanol–water partition coefficient (Wildman–Crippen LogP) is 4.41. The quantitative estimate of drug-likeness (QED) is 0.388. The maximum Gasteiger partial charge on any atom is 0.319 e. The Morgan fingerprint density at radius 3 is 2.16 bits per heavy atom. The van der Waals surface area contributed by atoms with Gasteiger partial charge in [-0.15, -0.1) is 0 Å². The van der Waals surface area contributed by atoms with E-state index in [9.17, 15) is 14.4 Å². The Bertz CT molecular complexity index is 1220. The van der Waals surface area contributed by atoms with Crippen molar-refractivity contribution in [1.82, 2.24) is 5.32 Å². The van der Waals surface area contributed by atoms with E-state index in [1.165, 1.54) is 9.80 Å². The smallest absolute Gasteiger partial charge is 0.319 e. The van der Waals surface area contributed by atoms with Crippen molar-refractivity contribution in [3.8, 4) is 0 Å². The predicted molar refractivity (Wildman–Crippen MR) is 150 cm³/mol. The molecule has 0 fully saturated rings. The van der Waals surface area contributed by atoms with Crippen LogP contribution in [0.5, 0.6) is 0 Å². The normalized spacial score (nSPS) is 10.2. The summed E-state index contributed by atoms with van der Waals surface area (Å²) in [5.74, 6) is -0.693. The monoisotopic (exact) mass is 518 g/mol. The van der Waals surface area contributed by atoms with E-state index >= 15 is 0 Å². The van der Waals surface area contributed by atoms with E-state index in [0.29, 0.717) is 29.5 Å². The third-order valence-corrected chi connectivity index (χ3v) is 5.68. The van der Waals surface area contributed by atoms with E-state index in [1.807, 2.05) is 49.4 Å². The molecule has 192 valence electrons. The number of nitrogens with one attached hydrogen (secondary N) is 2. The molecule has 0 bridgehead atoms. The summed E-state index contributed by atoms with van der Waals surface area (Å²) in [6, 6.07) is 24.7. The maximum atomic E-state index is 13.1. The van der Waals surface area contributed by atoms with E-state index in [2.05, 4.69) is 10.6 Å². The molecule has 0 heterocycles. The molecule has 3 aromatic carbocycles. The summed E-state index contributed by atoms with van der Waals surface area (Å²) in [6.45, 7) is 1.89. The molecule has 0 atom stereocenters. The SMILES string of the molecule is CCOC(=S)Cc1cccc(NC(=O)NCC(=O)N(CC(=O)N(C)c2ccccc2)c2ccccc2)c1. The van der Waals surface area contributed by atoms with E-state index in [1.54, 1.807) is 49.5 Å². The van der Waals surface area contributed by atoms with Gasteiger partial charge in [-0.2, -0.15) is 0 Å². The van der Waals surface area contributed by atoms with Crippen LogP contribution in [-0.2, 0) is 20.7 Å². The van der Waals surface area contributed by atoms with Crippen LogP contribution >= 0.6 is 12.2 Å². The van der Waals surface area contributed by atoms with Gasteiger partial charge in [-0.1, -0.05) is 48.5 Å². The number of nitrogens with zero attached hydrogens (tertiary/aromatic N) is 2. The fraction of sp³-hybridized carbons (Fsp3) is 0.214. The zero-order chi connectivity index (χ0) is 26.6. The number of urea groups is 1. The van der Waals surface area contributed by atoms with Crippen molar-refractivity contribution in [2.45, 2.75) is 13.3 Å². The Balaban J connectivity index is 1.62. The van der Waals surface area contributed by atoms with Gasteiger partial charge in [-0.05, 0) is 61.1 Å². The van der Waals surface area contributed by atoms with Crippen LogP contribution in [0.4, 0.5) is 21.9 Å². The molecule has 4 amide bonds. The number of hydrogen-bond donors (Lipinski definition) is 2. The van der Waals surface area contributed by atoms with Crippen LogP contribution < -0.4 is 20.4 Å². The number of amides is 4. The average molecular weight is 519 g/mol. The molecule has 0 unspecified atom stereocenters. The molecule has 0 aliphatic rings. The molecule has 0 saturated carbocycles. The second-order valence-electron chi connectivity index (χ2n) is 8.09. The molecule has 3 rings (SSSR count). The van der Waals surface area contributed by atoms with Gasteiger partial charge in [0.1, 0.15) is 6.54 Å². The van der Waals surface area contributed by atoms with Crippen LogP contribution in [0.15, 0.2) is 84.9 Å². The highest BCUT2D eigenvalue weighted by Gasteiger charge is 2.22. The number of carbonyl (C=O) groups is 3. The maximum absolute atomic E-state index is 13.1. The molecule has 9 heteroatoms. The molecule has 3 aromatic rings. The fourth-order valence-corrected chi connectivity index (χ4v) is 3.82. The summed E-state index contributed by atoms with van der Waals surface area (Å²) in [4.78, 5) is 41.5. The lowest BCUT2D eigenvalue weighted by Crippen LogP contribution is -2.46. The average Bonchev–Trinajstić information content (AvgIpc) is 2.91. The zero-order valence-electron chi connectivity index (χ0n) is 20.8. The van der Waals surface area contributed by atoms with Crippen molar-refractivity contribution in [2.24, 2.45) is 0 Å². The summed E-state index contributed by atoms with van der Waals surface area (Å²) in [6.07, 6.45) is 0.455. The number of rotatable bonds is 10. The van der Waals surface area contributed by atoms with Crippen LogP contribution in [-0.4, -0.2) is 49.6 Å². The fourth-order valence-electron chi connectivity index (χ4n) is 3.53. The molecular weight excluding hydrogens is 488 g/mol. The first-order valence-corrected chi connectivity index (χ1v) is 12.2. The van der Waals surface area contributed by atoms with Crippen molar-refractivity contribution in [3.63, 3.8) is 0 Å². The first kappa shape index (κ1) is 27.3. The van der Waals surface area contributed by atoms with Crippen LogP contribution in [0.3, 0.4) is 0 Å². The molecule has 0 spiro atoms. The zero-order valence-corrected chi connectivity index (χ0v) is 21.7. The summed E-state index contributed by atoms with van der Waals surface area (Å²) in [7, 11) is 1.66. The lowest BCUT2D eigenvalue weighted by Gasteiger charge is -2.25. The molecule has 2 N–H and O–H groups in total. The Morgan fingerprint density at radius 2 is 1.51 bits per heavy atom. The van der Waals surface area contributed by atoms with Crippen LogP contribution in [0.25, 0.3) is 0 Å². The second-order valence-corrected chi connectivity index (χ2v) is 8.55. The van der Waals surface area contributed by atoms with Gasteiger partial charge in [-0.3, -0.25) is 9.59 Å². The standard InChI is InChI=1S/C28H30N4O4S/c1-3-36-27(37)18-21-11-10-12-22(17-21)30-28(35)29-19-25(33)32(24-15-8-5-9-16-24)20-26(34)31(2)23-13-6-4-7-14-23/h4-17H,3,18-20H2,1-2H3,(H2,29,30,35). The number of ether oxygens (including phenoxy) is 1. The molecule has 0 saturated heterocycles. The minimum Gasteiger partial charge on any atom is -0.487 e. The van der Waals surface area contributed by atoms with E-state index in [4.69, 9.17) is 17.0 Å². The van der Waals surface area contributed by atoms with E-state index < -0.39 is 11.9 Å². The summed E-state index contributed by atoms with van der Waals surface area (Å²) < 4.78 is 5.32. The van der Waals surface area contributed by atoms with Gasteiger partial charge in [0.05, 0.1) is 13.2 Å². The van der Waals surface area contributed by atoms with Crippen molar-refractivity contribution in [3.05, 3.63) is 90.5 Å². The van der Waals surface area contributed by atoms with Crippen molar-refractivity contribution < 1.29 is 19.1 Å². The van der Waals surface area contributed by atoms with Gasteiger partial charge in [-0.25, -0.2) is 4.79 Å². The van der Waals surface area contributed by atoms with Crippen molar-refractivity contribution >= 4 is 52.2 Å². The van der Waals surface area contributed by atoms with Crippen LogP contribution in [0, 0.1) is 0 Å². The number of para-hydroxylation sites is 2. The molecular formula is C28H30N4O4S. The Morgan fingerprint density at radius 1 is 0.865 bits per heavy atom. The number of likely N-dealkylation sites (N-methyl/N-ethyl adjacent to an activating group) is 1. The highest BCUT2D eigenvalue weighted by molar-refractivity contribution is 7.80. The first-order valence-electron chi connectivity index (χ1n) is 11.8. The van der Waals surface area contributed by atoms with Gasteiger partial charge in [0.15, 0.2) is 5.05 Å². The number of hydrogen-bond acceptors (Lipinski definition) is 5. The molecule has 0 aromatic heterocycles. The third-order valence-electron chi connectivity index (χ3n) is 5.42. The second kappa shape index (κ2) is 13.7. The number of benzene rings is 3. The van der Waals surface area contributed by atoms with E-state index in [-0.39, 0.29) is 19.0 Å². The van der Waals surface area contributed by atoms with Crippen molar-refractivity contribution in [2.75, 3.05) is 41.9 Å². The van der Waals surface area contributed by atoms with Crippen LogP contribution in [0.2, 0.25) is 0 Å². The lowest BCUT2D eigenvalue weighted by molar-refractivity contribution is -0.121. The minimum atomic E-state index is -0.543. The Kier molecular flexibility index (Phi) is 10.2. The molecule has 37 heavy (non-hydrogen) atoms. The summed E-state index contributed by atoms with van der Waals surface area (Å²) >= 11 is 5.18. The number of thiocarbonyl (C=S) groups is 1. The van der Waals surface area contributed by atoms with Gasteiger partial charge in [0.2, 0.25) is 11.8 Å². The van der Waals surface area contributed by atoms with Gasteiger partial charge < -0.3 is 25.2 Å². The topological polar surface area (TPSA) is 91.0 Å². The lowest BCUT2D eigenvalue weighted by atomic mass is 10.1. The highest BCUT2D eigenvalue weighted by atomic mass is 32.1. The summed E-state index contributed by atoms with van der Waals surface area (Å²) in [5, 5.41) is 5.78. The van der Waals surface area contributed by atoms with Gasteiger partial charge >= 0.3 is 6.03 Å². The molecule has 0 radical (unpaired) electrons. The Hall–Kier alpha value is -4.24. The minimum absolute atomic E-state index is 0.181. The largest absolute Gasteiger partial charge is 0.487 e. The molecule has 8 nitrogen and oxygen atoms in total. The molecule has 0 aliphatic carbocycles. The highest BCUT2D eigenvalue weighted by Crippen LogP contribution is 2.16. The van der Waals surface area contributed by atoms with Crippen molar-refractivity contribution in [1.29, 1.82) is 0 Å².